The van der Waals surface area contributed by atoms with Crippen LogP contribution in [-0.4, -0.2) is 64.9 Å². The third kappa shape index (κ3) is 5.61. The Morgan fingerprint density at radius 3 is 2.69 bits per heavy atom. The fourth-order valence-electron chi connectivity index (χ4n) is 5.76. The van der Waals surface area contributed by atoms with Crippen molar-refractivity contribution in [3.63, 3.8) is 0 Å². The number of aromatic nitrogens is 1. The van der Waals surface area contributed by atoms with Crippen LogP contribution in [0.5, 0.6) is 0 Å². The first-order chi connectivity index (χ1) is 18.9. The van der Waals surface area contributed by atoms with Crippen molar-refractivity contribution < 1.29 is 19.2 Å². The molecule has 1 saturated carbocycles. The molecule has 0 bridgehead atoms. The molecule has 2 atom stereocenters. The molecule has 1 aromatic heterocycles. The van der Waals surface area contributed by atoms with Gasteiger partial charge in [0.1, 0.15) is 6.04 Å². The van der Waals surface area contributed by atoms with Crippen LogP contribution in [-0.2, 0) is 9.59 Å². The van der Waals surface area contributed by atoms with E-state index in [1.807, 2.05) is 19.1 Å². The summed E-state index contributed by atoms with van der Waals surface area (Å²) in [5, 5.41) is 17.0. The molecule has 1 aliphatic carbocycles. The van der Waals surface area contributed by atoms with Gasteiger partial charge in [0.25, 0.3) is 11.8 Å². The molecule has 204 valence electrons. The molecule has 2 unspecified atom stereocenters. The zero-order valence-corrected chi connectivity index (χ0v) is 22.0. The van der Waals surface area contributed by atoms with E-state index in [1.165, 1.54) is 6.21 Å². The number of anilines is 1. The molecule has 3 aliphatic rings. The van der Waals surface area contributed by atoms with Crippen LogP contribution in [0.25, 0.3) is 0 Å². The normalized spacial score (nSPS) is 23.2. The molecule has 3 heterocycles. The average molecular weight is 531 g/mol. The lowest BCUT2D eigenvalue weighted by molar-refractivity contribution is -0.136. The highest BCUT2D eigenvalue weighted by atomic mass is 16.2. The summed E-state index contributed by atoms with van der Waals surface area (Å²) < 4.78 is 0. The van der Waals surface area contributed by atoms with Crippen LogP contribution in [0.15, 0.2) is 36.5 Å². The van der Waals surface area contributed by atoms with Crippen molar-refractivity contribution in [2.75, 3.05) is 18.4 Å². The molecule has 1 saturated heterocycles. The Kier molecular flexibility index (Phi) is 7.83. The van der Waals surface area contributed by atoms with Crippen LogP contribution in [0.4, 0.5) is 5.69 Å². The minimum absolute atomic E-state index is 0.0138. The Bertz CT molecular complexity index is 1300. The van der Waals surface area contributed by atoms with E-state index in [4.69, 9.17) is 5.41 Å². The van der Waals surface area contributed by atoms with Crippen molar-refractivity contribution in [1.82, 2.24) is 20.5 Å². The van der Waals surface area contributed by atoms with Crippen LogP contribution >= 0.6 is 0 Å². The fourth-order valence-corrected chi connectivity index (χ4v) is 5.76. The van der Waals surface area contributed by atoms with Crippen molar-refractivity contribution in [2.24, 2.45) is 5.92 Å². The van der Waals surface area contributed by atoms with Gasteiger partial charge in [-0.15, -0.1) is 0 Å². The maximum absolute atomic E-state index is 13.0. The largest absolute Gasteiger partial charge is 0.385 e. The number of amides is 4. The molecule has 4 N–H and O–H groups in total. The van der Waals surface area contributed by atoms with Gasteiger partial charge in [-0.2, -0.15) is 0 Å². The number of nitrogens with zero attached hydrogens (tertiary/aromatic N) is 2. The van der Waals surface area contributed by atoms with Gasteiger partial charge in [0.05, 0.1) is 16.8 Å². The number of rotatable bonds is 11. The highest BCUT2D eigenvalue weighted by molar-refractivity contribution is 6.23. The van der Waals surface area contributed by atoms with Crippen molar-refractivity contribution >= 4 is 35.5 Å². The summed E-state index contributed by atoms with van der Waals surface area (Å²) >= 11 is 0. The van der Waals surface area contributed by atoms with Gasteiger partial charge in [0.2, 0.25) is 11.8 Å². The second-order valence-corrected chi connectivity index (χ2v) is 10.7. The van der Waals surface area contributed by atoms with E-state index in [0.29, 0.717) is 12.0 Å². The zero-order chi connectivity index (χ0) is 27.5. The molecule has 10 heteroatoms. The Hall–Kier alpha value is -3.92. The maximum atomic E-state index is 13.0. The maximum Gasteiger partial charge on any atom is 0.262 e. The number of piperidine rings is 1. The first-order valence-electron chi connectivity index (χ1n) is 13.6. The predicted octanol–water partition coefficient (Wildman–Crippen LogP) is 2.78. The van der Waals surface area contributed by atoms with Gasteiger partial charge in [-0.1, -0.05) is 6.07 Å². The second kappa shape index (κ2) is 11.4. The van der Waals surface area contributed by atoms with Gasteiger partial charge in [0.15, 0.2) is 0 Å². The summed E-state index contributed by atoms with van der Waals surface area (Å²) in [6, 6.07) is 8.55. The third-order valence-electron chi connectivity index (χ3n) is 8.02. The van der Waals surface area contributed by atoms with Crippen molar-refractivity contribution in [3.05, 3.63) is 58.9 Å². The molecular weight excluding hydrogens is 496 g/mol. The average Bonchev–Trinajstić information content (AvgIpc) is 3.14. The van der Waals surface area contributed by atoms with Gasteiger partial charge < -0.3 is 16.0 Å². The summed E-state index contributed by atoms with van der Waals surface area (Å²) in [5.74, 6) is -1.33. The molecule has 2 aromatic rings. The standard InChI is InChI=1S/C29H34N6O4/c1-17-4-2-11-32-26(17)19(15-30)16-33-21-12-18(13-21)5-3-10-31-20-6-7-22-23(14-20)29(39)35(28(22)38)24-8-9-25(36)34-27(24)37/h2,4,6-7,11,14-15,18-19,21,24,30-31,33H,3,5,8-10,12-13,16H2,1H3,(H,34,36,37). The minimum Gasteiger partial charge on any atom is -0.385 e. The predicted molar refractivity (Wildman–Crippen MR) is 146 cm³/mol. The number of hydrogen-bond acceptors (Lipinski definition) is 8. The Balaban J connectivity index is 1.04. The number of benzene rings is 1. The molecule has 4 amide bonds. The zero-order valence-electron chi connectivity index (χ0n) is 22.0. The summed E-state index contributed by atoms with van der Waals surface area (Å²) in [4.78, 5) is 54.9. The fraction of sp³-hybridized carbons (Fsp3) is 0.448. The summed E-state index contributed by atoms with van der Waals surface area (Å²) in [6.07, 6.45) is 7.83. The molecule has 10 nitrogen and oxygen atoms in total. The topological polar surface area (TPSA) is 144 Å². The van der Waals surface area contributed by atoms with E-state index >= 15 is 0 Å². The monoisotopic (exact) mass is 530 g/mol. The lowest BCUT2D eigenvalue weighted by atomic mass is 9.77. The van der Waals surface area contributed by atoms with E-state index in [-0.39, 0.29) is 35.8 Å². The number of fused-ring (bicyclic) bond motifs is 1. The number of nitrogens with one attached hydrogen (secondary N) is 4. The van der Waals surface area contributed by atoms with Crippen LogP contribution < -0.4 is 16.0 Å². The summed E-state index contributed by atoms with van der Waals surface area (Å²) in [6.45, 7) is 3.50. The van der Waals surface area contributed by atoms with E-state index in [1.54, 1.807) is 24.4 Å². The van der Waals surface area contributed by atoms with Crippen LogP contribution in [0.3, 0.4) is 0 Å². The third-order valence-corrected chi connectivity index (χ3v) is 8.02. The SMILES string of the molecule is Cc1cccnc1C(C=N)CNC1CC(CCCNc2ccc3c(c2)C(=O)N(C2CCC(=O)NC2=O)C3=O)C1. The molecule has 5 rings (SSSR count). The van der Waals surface area contributed by atoms with Crippen molar-refractivity contribution in [2.45, 2.75) is 63.5 Å². The van der Waals surface area contributed by atoms with Crippen molar-refractivity contribution in [1.29, 1.82) is 5.41 Å². The lowest BCUT2D eigenvalue weighted by Gasteiger charge is -2.37. The summed E-state index contributed by atoms with van der Waals surface area (Å²) in [5.41, 5.74) is 3.40. The molecule has 2 fully saturated rings. The first kappa shape index (κ1) is 26.7. The van der Waals surface area contributed by atoms with E-state index in [0.717, 1.165) is 60.6 Å². The van der Waals surface area contributed by atoms with Crippen molar-refractivity contribution in [3.8, 4) is 0 Å². The molecule has 0 spiro atoms. The van der Waals surface area contributed by atoms with Gasteiger partial charge in [-0.25, -0.2) is 0 Å². The second-order valence-electron chi connectivity index (χ2n) is 10.7. The molecular formula is C29H34N6O4. The smallest absolute Gasteiger partial charge is 0.262 e. The minimum atomic E-state index is -0.956. The number of hydrogen-bond donors (Lipinski definition) is 4. The number of carbonyl (C=O) groups is 4. The quantitative estimate of drug-likeness (QED) is 0.199. The Labute approximate surface area is 227 Å². The highest BCUT2D eigenvalue weighted by Crippen LogP contribution is 2.32. The first-order valence-corrected chi connectivity index (χ1v) is 13.6. The van der Waals surface area contributed by atoms with E-state index < -0.39 is 23.8 Å². The number of pyridine rings is 1. The molecule has 39 heavy (non-hydrogen) atoms. The number of imide groups is 2. The summed E-state index contributed by atoms with van der Waals surface area (Å²) in [7, 11) is 0. The van der Waals surface area contributed by atoms with Crippen LogP contribution in [0, 0.1) is 18.3 Å². The van der Waals surface area contributed by atoms with Gasteiger partial charge in [-0.3, -0.25) is 34.4 Å². The van der Waals surface area contributed by atoms with Gasteiger partial charge in [0, 0.05) is 49.6 Å². The van der Waals surface area contributed by atoms with E-state index in [9.17, 15) is 19.2 Å². The van der Waals surface area contributed by atoms with Crippen LogP contribution in [0.1, 0.15) is 76.4 Å². The lowest BCUT2D eigenvalue weighted by Crippen LogP contribution is -2.54. The van der Waals surface area contributed by atoms with E-state index in [2.05, 4.69) is 20.9 Å². The Morgan fingerprint density at radius 1 is 1.15 bits per heavy atom. The van der Waals surface area contributed by atoms with Crippen LogP contribution in [0.2, 0.25) is 0 Å². The van der Waals surface area contributed by atoms with Gasteiger partial charge in [-0.05, 0) is 74.8 Å². The molecule has 0 radical (unpaired) electrons. The number of aryl methyl sites for hydroxylation is 1. The van der Waals surface area contributed by atoms with Gasteiger partial charge >= 0.3 is 0 Å². The Morgan fingerprint density at radius 2 is 1.95 bits per heavy atom. The molecule has 2 aliphatic heterocycles. The molecule has 1 aromatic carbocycles. The number of carbonyl (C=O) groups excluding carboxylic acids is 4. The highest BCUT2D eigenvalue weighted by Gasteiger charge is 2.44.